The van der Waals surface area contributed by atoms with Crippen LogP contribution in [0.15, 0.2) is 28.7 Å². The highest BCUT2D eigenvalue weighted by atomic mass is 79.9. The van der Waals surface area contributed by atoms with Crippen LogP contribution in [-0.4, -0.2) is 28.1 Å². The van der Waals surface area contributed by atoms with Crippen LogP contribution < -0.4 is 14.8 Å². The fraction of sp³-hybridized carbons (Fsp3) is 0.308. The first-order valence-electron chi connectivity index (χ1n) is 6.10. The first kappa shape index (κ1) is 14.5. The maximum absolute atomic E-state index is 5.61. The molecular weight excluding hydrogens is 324 g/mol. The van der Waals surface area contributed by atoms with Crippen LogP contribution in [0.3, 0.4) is 0 Å². The van der Waals surface area contributed by atoms with Crippen molar-refractivity contribution < 1.29 is 9.47 Å². The predicted octanol–water partition coefficient (Wildman–Crippen LogP) is 3.26. The van der Waals surface area contributed by atoms with Gasteiger partial charge in [-0.1, -0.05) is 22.0 Å². The number of nitrogens with one attached hydrogen (secondary N) is 1. The monoisotopic (exact) mass is 338 g/mol. The van der Waals surface area contributed by atoms with Crippen molar-refractivity contribution in [3.05, 3.63) is 28.7 Å². The van der Waals surface area contributed by atoms with Gasteiger partial charge in [0.05, 0.1) is 6.10 Å². The summed E-state index contributed by atoms with van der Waals surface area (Å²) in [5, 5.41) is 2.85. The Labute approximate surface area is 125 Å². The molecular formula is C13H15BrN4O2. The van der Waals surface area contributed by atoms with Gasteiger partial charge in [0.15, 0.2) is 0 Å². The van der Waals surface area contributed by atoms with Crippen molar-refractivity contribution in [2.75, 3.05) is 12.4 Å². The molecule has 6 nitrogen and oxygen atoms in total. The fourth-order valence-corrected chi connectivity index (χ4v) is 1.77. The molecule has 0 radical (unpaired) electrons. The third-order valence-corrected chi connectivity index (χ3v) is 2.66. The molecule has 0 aliphatic carbocycles. The summed E-state index contributed by atoms with van der Waals surface area (Å²) >= 11 is 3.38. The van der Waals surface area contributed by atoms with Gasteiger partial charge in [-0.25, -0.2) is 0 Å². The quantitative estimate of drug-likeness (QED) is 0.902. The summed E-state index contributed by atoms with van der Waals surface area (Å²) in [4.78, 5) is 12.4. The normalized spacial score (nSPS) is 10.4. The molecule has 0 atom stereocenters. The molecule has 7 heteroatoms. The Hall–Kier alpha value is -1.89. The molecule has 2 rings (SSSR count). The number of halogens is 1. The molecule has 2 aromatic rings. The zero-order valence-electron chi connectivity index (χ0n) is 11.4. The van der Waals surface area contributed by atoms with Crippen molar-refractivity contribution in [2.45, 2.75) is 20.0 Å². The average molecular weight is 339 g/mol. The second-order valence-electron chi connectivity index (χ2n) is 4.20. The predicted molar refractivity (Wildman–Crippen MR) is 79.4 cm³/mol. The molecule has 106 valence electrons. The van der Waals surface area contributed by atoms with Crippen LogP contribution in [0.1, 0.15) is 13.8 Å². The van der Waals surface area contributed by atoms with Crippen LogP contribution in [0, 0.1) is 0 Å². The Bertz CT molecular complexity index is 592. The van der Waals surface area contributed by atoms with Gasteiger partial charge in [-0.2, -0.15) is 9.97 Å². The molecule has 1 aromatic carbocycles. The van der Waals surface area contributed by atoms with Crippen molar-refractivity contribution in [1.82, 2.24) is 15.0 Å². The fourth-order valence-electron chi connectivity index (χ4n) is 1.39. The highest BCUT2D eigenvalue weighted by molar-refractivity contribution is 9.10. The smallest absolute Gasteiger partial charge is 0.330 e. The summed E-state index contributed by atoms with van der Waals surface area (Å²) in [6.07, 6.45) is -0.0270. The number of ether oxygens (including phenoxy) is 2. The summed E-state index contributed by atoms with van der Waals surface area (Å²) < 4.78 is 12.0. The van der Waals surface area contributed by atoms with E-state index >= 15 is 0 Å². The largest absolute Gasteiger partial charge is 0.461 e. The average Bonchev–Trinajstić information content (AvgIpc) is 2.37. The van der Waals surface area contributed by atoms with E-state index in [0.717, 1.165) is 4.47 Å². The van der Waals surface area contributed by atoms with Crippen molar-refractivity contribution >= 4 is 21.9 Å². The molecule has 0 bridgehead atoms. The van der Waals surface area contributed by atoms with E-state index in [1.807, 2.05) is 38.1 Å². The molecule has 20 heavy (non-hydrogen) atoms. The van der Waals surface area contributed by atoms with Crippen molar-refractivity contribution in [3.63, 3.8) is 0 Å². The van der Waals surface area contributed by atoms with Gasteiger partial charge in [0, 0.05) is 11.5 Å². The number of anilines is 1. The van der Waals surface area contributed by atoms with Crippen molar-refractivity contribution in [2.24, 2.45) is 0 Å². The minimum atomic E-state index is -0.0270. The van der Waals surface area contributed by atoms with E-state index in [2.05, 4.69) is 36.2 Å². The second-order valence-corrected chi connectivity index (χ2v) is 5.12. The van der Waals surface area contributed by atoms with E-state index in [9.17, 15) is 0 Å². The first-order valence-corrected chi connectivity index (χ1v) is 6.90. The molecule has 0 amide bonds. The summed E-state index contributed by atoms with van der Waals surface area (Å²) in [7, 11) is 1.72. The molecule has 1 N–H and O–H groups in total. The number of hydrogen-bond acceptors (Lipinski definition) is 6. The van der Waals surface area contributed by atoms with Crippen LogP contribution in [0.25, 0.3) is 0 Å². The van der Waals surface area contributed by atoms with E-state index in [1.165, 1.54) is 0 Å². The van der Waals surface area contributed by atoms with Crippen LogP contribution in [0.2, 0.25) is 0 Å². The second kappa shape index (κ2) is 6.51. The van der Waals surface area contributed by atoms with Crippen LogP contribution in [0.4, 0.5) is 5.95 Å². The maximum atomic E-state index is 5.61. The van der Waals surface area contributed by atoms with Gasteiger partial charge in [0.2, 0.25) is 5.95 Å². The number of nitrogens with zero attached hydrogens (tertiary/aromatic N) is 3. The minimum absolute atomic E-state index is 0.0270. The highest BCUT2D eigenvalue weighted by Gasteiger charge is 2.10. The Balaban J connectivity index is 2.26. The molecule has 0 aliphatic rings. The summed E-state index contributed by atoms with van der Waals surface area (Å²) in [6.45, 7) is 3.80. The van der Waals surface area contributed by atoms with Gasteiger partial charge in [-0.3, -0.25) is 0 Å². The Morgan fingerprint density at radius 3 is 2.55 bits per heavy atom. The van der Waals surface area contributed by atoms with Crippen LogP contribution >= 0.6 is 15.9 Å². The Morgan fingerprint density at radius 2 is 1.90 bits per heavy atom. The lowest BCUT2D eigenvalue weighted by atomic mass is 10.3. The SMILES string of the molecule is CNc1nc(Oc2cccc(Br)c2)nc(OC(C)C)n1. The summed E-state index contributed by atoms with van der Waals surface area (Å²) in [5.41, 5.74) is 0. The van der Waals surface area contributed by atoms with Crippen molar-refractivity contribution in [1.29, 1.82) is 0 Å². The third-order valence-electron chi connectivity index (χ3n) is 2.16. The van der Waals surface area contributed by atoms with E-state index in [1.54, 1.807) is 7.05 Å². The first-order chi connectivity index (χ1) is 9.56. The molecule has 0 saturated heterocycles. The topological polar surface area (TPSA) is 69.2 Å². The van der Waals surface area contributed by atoms with Gasteiger partial charge < -0.3 is 14.8 Å². The molecule has 0 unspecified atom stereocenters. The molecule has 0 fully saturated rings. The molecule has 0 aliphatic heterocycles. The van der Waals surface area contributed by atoms with Gasteiger partial charge in [-0.05, 0) is 32.0 Å². The molecule has 0 spiro atoms. The number of benzene rings is 1. The van der Waals surface area contributed by atoms with E-state index in [-0.39, 0.29) is 18.1 Å². The van der Waals surface area contributed by atoms with Gasteiger partial charge >= 0.3 is 12.0 Å². The molecule has 1 aromatic heterocycles. The number of aromatic nitrogens is 3. The van der Waals surface area contributed by atoms with Crippen LogP contribution in [0.5, 0.6) is 17.8 Å². The lowest BCUT2D eigenvalue weighted by Gasteiger charge is -2.10. The summed E-state index contributed by atoms with van der Waals surface area (Å²) in [6, 6.07) is 7.82. The minimum Gasteiger partial charge on any atom is -0.461 e. The number of hydrogen-bond donors (Lipinski definition) is 1. The Kier molecular flexibility index (Phi) is 4.73. The molecule has 0 saturated carbocycles. The van der Waals surface area contributed by atoms with E-state index < -0.39 is 0 Å². The zero-order chi connectivity index (χ0) is 14.5. The highest BCUT2D eigenvalue weighted by Crippen LogP contribution is 2.23. The Morgan fingerprint density at radius 1 is 1.15 bits per heavy atom. The zero-order valence-corrected chi connectivity index (χ0v) is 13.0. The van der Waals surface area contributed by atoms with Gasteiger partial charge in [-0.15, -0.1) is 4.98 Å². The third kappa shape index (κ3) is 4.06. The standard InChI is InChI=1S/C13H15BrN4O2/c1-8(2)19-12-16-11(15-3)17-13(18-12)20-10-6-4-5-9(14)7-10/h4-8H,1-3H3,(H,15,16,17,18). The van der Waals surface area contributed by atoms with E-state index in [0.29, 0.717) is 11.7 Å². The lowest BCUT2D eigenvalue weighted by Crippen LogP contribution is -2.11. The number of rotatable bonds is 5. The van der Waals surface area contributed by atoms with E-state index in [4.69, 9.17) is 9.47 Å². The van der Waals surface area contributed by atoms with Crippen LogP contribution in [-0.2, 0) is 0 Å². The molecule has 1 heterocycles. The summed E-state index contributed by atoms with van der Waals surface area (Å²) in [5.74, 6) is 1.02. The maximum Gasteiger partial charge on any atom is 0.330 e. The van der Waals surface area contributed by atoms with Gasteiger partial charge in [0.1, 0.15) is 5.75 Å². The van der Waals surface area contributed by atoms with Gasteiger partial charge in [0.25, 0.3) is 0 Å². The van der Waals surface area contributed by atoms with Crippen molar-refractivity contribution in [3.8, 4) is 17.8 Å². The lowest BCUT2D eigenvalue weighted by molar-refractivity contribution is 0.218.